The summed E-state index contributed by atoms with van der Waals surface area (Å²) in [5.74, 6) is 0. The Balaban J connectivity index is 1.91. The average molecular weight is 256 g/mol. The van der Waals surface area contributed by atoms with Crippen LogP contribution in [0.3, 0.4) is 0 Å². The minimum Gasteiger partial charge on any atom is -0.380 e. The molecule has 2 aromatic carbocycles. The van der Waals surface area contributed by atoms with Gasteiger partial charge in [-0.15, -0.1) is 0 Å². The highest BCUT2D eigenvalue weighted by molar-refractivity contribution is 5.94. The van der Waals surface area contributed by atoms with Crippen LogP contribution in [-0.2, 0) is 4.74 Å². The summed E-state index contributed by atoms with van der Waals surface area (Å²) in [6, 6.07) is 14.9. The number of benzene rings is 2. The average Bonchev–Trinajstić information content (AvgIpc) is 2.42. The van der Waals surface area contributed by atoms with Gasteiger partial charge in [0.15, 0.2) is 0 Å². The van der Waals surface area contributed by atoms with Gasteiger partial charge in [0.2, 0.25) is 0 Å². The first kappa shape index (κ1) is 12.5. The molecule has 1 aliphatic rings. The van der Waals surface area contributed by atoms with E-state index in [1.807, 2.05) is 0 Å². The van der Waals surface area contributed by atoms with Gasteiger partial charge in [0.25, 0.3) is 0 Å². The highest BCUT2D eigenvalue weighted by Crippen LogP contribution is 2.31. The Hall–Kier alpha value is -1.58. The van der Waals surface area contributed by atoms with Gasteiger partial charge in [-0.3, -0.25) is 0 Å². The molecular weight excluding hydrogens is 236 g/mol. The Morgan fingerprint density at radius 3 is 2.58 bits per heavy atom. The van der Waals surface area contributed by atoms with Crippen LogP contribution in [-0.4, -0.2) is 33.4 Å². The molecule has 0 amide bonds. The van der Waals surface area contributed by atoms with Crippen molar-refractivity contribution in [3.05, 3.63) is 42.5 Å². The lowest BCUT2D eigenvalue weighted by Crippen LogP contribution is -2.54. The van der Waals surface area contributed by atoms with Gasteiger partial charge in [-0.05, 0) is 11.5 Å². The number of ether oxygens (including phenoxy) is 1. The van der Waals surface area contributed by atoms with E-state index < -0.39 is 0 Å². The Bertz CT molecular complexity index is 567. The molecule has 2 N–H and O–H groups in total. The summed E-state index contributed by atoms with van der Waals surface area (Å²) in [5.41, 5.74) is 7.29. The first-order valence-corrected chi connectivity index (χ1v) is 6.71. The molecule has 0 saturated carbocycles. The summed E-state index contributed by atoms with van der Waals surface area (Å²) in [6.45, 7) is 3.18. The fourth-order valence-corrected chi connectivity index (χ4v) is 2.79. The molecule has 1 saturated heterocycles. The normalized spacial score (nSPS) is 17.2. The van der Waals surface area contributed by atoms with Crippen molar-refractivity contribution in [2.75, 3.05) is 38.3 Å². The van der Waals surface area contributed by atoms with Crippen LogP contribution in [0.4, 0.5) is 5.69 Å². The zero-order chi connectivity index (χ0) is 13.3. The topological polar surface area (TPSA) is 38.5 Å². The van der Waals surface area contributed by atoms with E-state index in [0.29, 0.717) is 6.54 Å². The summed E-state index contributed by atoms with van der Waals surface area (Å²) in [7, 11) is 2.14. The van der Waals surface area contributed by atoms with E-state index in [2.05, 4.69) is 54.4 Å². The van der Waals surface area contributed by atoms with Crippen LogP contribution in [0.2, 0.25) is 0 Å². The van der Waals surface area contributed by atoms with Gasteiger partial charge in [-0.2, -0.15) is 0 Å². The zero-order valence-corrected chi connectivity index (χ0v) is 11.3. The van der Waals surface area contributed by atoms with Crippen molar-refractivity contribution in [1.82, 2.24) is 0 Å². The highest BCUT2D eigenvalue weighted by atomic mass is 16.5. The Morgan fingerprint density at radius 1 is 1.16 bits per heavy atom. The molecule has 0 aliphatic carbocycles. The Kier molecular flexibility index (Phi) is 3.17. The molecule has 3 nitrogen and oxygen atoms in total. The van der Waals surface area contributed by atoms with Gasteiger partial charge < -0.3 is 15.4 Å². The molecule has 0 bridgehead atoms. The van der Waals surface area contributed by atoms with Crippen molar-refractivity contribution >= 4 is 16.5 Å². The van der Waals surface area contributed by atoms with E-state index in [4.69, 9.17) is 10.5 Å². The molecule has 3 heteroatoms. The first-order chi connectivity index (χ1) is 9.24. The lowest BCUT2D eigenvalue weighted by molar-refractivity contribution is -0.101. The second-order valence-electron chi connectivity index (χ2n) is 5.55. The maximum absolute atomic E-state index is 5.90. The SMILES string of the molecule is CN(CC1(CN)COC1)c1cccc2ccccc12. The second-order valence-corrected chi connectivity index (χ2v) is 5.55. The maximum atomic E-state index is 5.90. The van der Waals surface area contributed by atoms with E-state index in [0.717, 1.165) is 19.8 Å². The first-order valence-electron chi connectivity index (χ1n) is 6.71. The lowest BCUT2D eigenvalue weighted by atomic mass is 9.85. The van der Waals surface area contributed by atoms with Crippen LogP contribution >= 0.6 is 0 Å². The Labute approximate surface area is 114 Å². The van der Waals surface area contributed by atoms with E-state index >= 15 is 0 Å². The van der Waals surface area contributed by atoms with Gasteiger partial charge in [-0.1, -0.05) is 36.4 Å². The van der Waals surface area contributed by atoms with Crippen molar-refractivity contribution in [2.24, 2.45) is 11.1 Å². The molecule has 0 unspecified atom stereocenters. The molecular formula is C16H20N2O. The van der Waals surface area contributed by atoms with Crippen molar-refractivity contribution in [3.63, 3.8) is 0 Å². The smallest absolute Gasteiger partial charge is 0.0574 e. The van der Waals surface area contributed by atoms with Gasteiger partial charge in [0.05, 0.1) is 13.2 Å². The third kappa shape index (κ3) is 2.20. The number of anilines is 1. The van der Waals surface area contributed by atoms with E-state index in [9.17, 15) is 0 Å². The minimum atomic E-state index is 0.131. The van der Waals surface area contributed by atoms with Gasteiger partial charge in [0.1, 0.15) is 0 Å². The number of rotatable bonds is 4. The van der Waals surface area contributed by atoms with Crippen molar-refractivity contribution in [3.8, 4) is 0 Å². The molecule has 0 radical (unpaired) electrons. The summed E-state index contributed by atoms with van der Waals surface area (Å²) in [6.07, 6.45) is 0. The lowest BCUT2D eigenvalue weighted by Gasteiger charge is -2.43. The number of nitrogens with zero attached hydrogens (tertiary/aromatic N) is 1. The summed E-state index contributed by atoms with van der Waals surface area (Å²) >= 11 is 0. The minimum absolute atomic E-state index is 0.131. The van der Waals surface area contributed by atoms with Gasteiger partial charge in [-0.25, -0.2) is 0 Å². The van der Waals surface area contributed by atoms with Gasteiger partial charge in [0, 0.05) is 36.6 Å². The second kappa shape index (κ2) is 4.83. The molecule has 0 atom stereocenters. The third-order valence-corrected chi connectivity index (χ3v) is 4.00. The zero-order valence-electron chi connectivity index (χ0n) is 11.3. The van der Waals surface area contributed by atoms with E-state index in [-0.39, 0.29) is 5.41 Å². The predicted octanol–water partition coefficient (Wildman–Crippen LogP) is 2.25. The standard InChI is InChI=1S/C16H20N2O/c1-18(10-16(9-17)11-19-12-16)15-8-4-6-13-5-2-3-7-14(13)15/h2-8H,9-12,17H2,1H3. The molecule has 0 aromatic heterocycles. The van der Waals surface area contributed by atoms with Crippen LogP contribution < -0.4 is 10.6 Å². The van der Waals surface area contributed by atoms with E-state index in [1.54, 1.807) is 0 Å². The molecule has 1 aliphatic heterocycles. The largest absolute Gasteiger partial charge is 0.380 e. The maximum Gasteiger partial charge on any atom is 0.0574 e. The van der Waals surface area contributed by atoms with E-state index in [1.165, 1.54) is 16.5 Å². The number of fused-ring (bicyclic) bond motifs is 1. The highest BCUT2D eigenvalue weighted by Gasteiger charge is 2.38. The van der Waals surface area contributed by atoms with Crippen LogP contribution in [0.1, 0.15) is 0 Å². The quantitative estimate of drug-likeness (QED) is 0.912. The fraction of sp³-hybridized carbons (Fsp3) is 0.375. The molecule has 100 valence electrons. The number of nitrogens with two attached hydrogens (primary N) is 1. The molecule has 19 heavy (non-hydrogen) atoms. The summed E-state index contributed by atoms with van der Waals surface area (Å²) in [4.78, 5) is 2.30. The van der Waals surface area contributed by atoms with Crippen molar-refractivity contribution in [2.45, 2.75) is 0 Å². The van der Waals surface area contributed by atoms with Crippen LogP contribution in [0, 0.1) is 5.41 Å². The van der Waals surface area contributed by atoms with Gasteiger partial charge >= 0.3 is 0 Å². The molecule has 1 fully saturated rings. The number of hydrogen-bond donors (Lipinski definition) is 1. The predicted molar refractivity (Wildman–Crippen MR) is 79.5 cm³/mol. The summed E-state index contributed by atoms with van der Waals surface area (Å²) < 4.78 is 5.35. The van der Waals surface area contributed by atoms with Crippen molar-refractivity contribution < 1.29 is 4.74 Å². The van der Waals surface area contributed by atoms with Crippen LogP contribution in [0.5, 0.6) is 0 Å². The third-order valence-electron chi connectivity index (χ3n) is 4.00. The molecule has 2 aromatic rings. The fourth-order valence-electron chi connectivity index (χ4n) is 2.79. The Morgan fingerprint density at radius 2 is 1.89 bits per heavy atom. The molecule has 3 rings (SSSR count). The number of hydrogen-bond acceptors (Lipinski definition) is 3. The summed E-state index contributed by atoms with van der Waals surface area (Å²) in [5, 5.41) is 2.57. The monoisotopic (exact) mass is 256 g/mol. The molecule has 0 spiro atoms. The van der Waals surface area contributed by atoms with Crippen molar-refractivity contribution in [1.29, 1.82) is 0 Å². The van der Waals surface area contributed by atoms with Crippen LogP contribution in [0.25, 0.3) is 10.8 Å². The molecule has 1 heterocycles. The van der Waals surface area contributed by atoms with Crippen LogP contribution in [0.15, 0.2) is 42.5 Å².